The SMILES string of the molecule is CCC1(C(=O)O)CCN(S(=O)(=O)c2cn[nH]c2C)C1. The number of nitrogens with one attached hydrogen (secondary N) is 1. The highest BCUT2D eigenvalue weighted by molar-refractivity contribution is 7.89. The zero-order chi connectivity index (χ0) is 14.3. The highest BCUT2D eigenvalue weighted by Gasteiger charge is 2.47. The van der Waals surface area contributed by atoms with Crippen molar-refractivity contribution in [3.05, 3.63) is 11.9 Å². The molecule has 2 heterocycles. The number of aliphatic carboxylic acids is 1. The first-order chi connectivity index (χ1) is 8.83. The Bertz CT molecular complexity index is 595. The smallest absolute Gasteiger partial charge is 0.311 e. The summed E-state index contributed by atoms with van der Waals surface area (Å²) in [5.74, 6) is -0.934. The van der Waals surface area contributed by atoms with Crippen molar-refractivity contribution in [1.82, 2.24) is 14.5 Å². The molecule has 0 aromatic carbocycles. The third-order valence-electron chi connectivity index (χ3n) is 3.85. The first kappa shape index (κ1) is 14.0. The molecule has 1 aliphatic heterocycles. The molecule has 0 bridgehead atoms. The highest BCUT2D eigenvalue weighted by Crippen LogP contribution is 2.37. The summed E-state index contributed by atoms with van der Waals surface area (Å²) in [5.41, 5.74) is -0.505. The molecule has 7 nitrogen and oxygen atoms in total. The Balaban J connectivity index is 2.31. The number of aromatic nitrogens is 2. The summed E-state index contributed by atoms with van der Waals surface area (Å²) in [6, 6.07) is 0. The van der Waals surface area contributed by atoms with Gasteiger partial charge in [0.2, 0.25) is 10.0 Å². The predicted octanol–water partition coefficient (Wildman–Crippen LogP) is 0.594. The van der Waals surface area contributed by atoms with E-state index in [-0.39, 0.29) is 18.0 Å². The van der Waals surface area contributed by atoms with Crippen LogP contribution in [0.1, 0.15) is 25.5 Å². The van der Waals surface area contributed by atoms with Gasteiger partial charge in [0.1, 0.15) is 4.90 Å². The highest BCUT2D eigenvalue weighted by atomic mass is 32.2. The summed E-state index contributed by atoms with van der Waals surface area (Å²) < 4.78 is 26.1. The number of H-pyrrole nitrogens is 1. The molecule has 0 aliphatic carbocycles. The summed E-state index contributed by atoms with van der Waals surface area (Å²) in [4.78, 5) is 11.5. The molecule has 8 heteroatoms. The standard InChI is InChI=1S/C11H17N3O4S/c1-3-11(10(15)16)4-5-14(7-11)19(17,18)9-6-12-13-8(9)2/h6H,3-5,7H2,1-2H3,(H,12,13)(H,15,16). The van der Waals surface area contributed by atoms with E-state index in [1.807, 2.05) is 0 Å². The number of sulfonamides is 1. The largest absolute Gasteiger partial charge is 0.481 e. The molecule has 0 saturated carbocycles. The van der Waals surface area contributed by atoms with E-state index >= 15 is 0 Å². The molecule has 0 radical (unpaired) electrons. The first-order valence-electron chi connectivity index (χ1n) is 6.07. The molecule has 1 atom stereocenters. The molecule has 0 amide bonds. The van der Waals surface area contributed by atoms with Crippen LogP contribution in [0.3, 0.4) is 0 Å². The van der Waals surface area contributed by atoms with Gasteiger partial charge in [-0.25, -0.2) is 8.42 Å². The number of carboxylic acids is 1. The van der Waals surface area contributed by atoms with E-state index in [0.717, 1.165) is 0 Å². The summed E-state index contributed by atoms with van der Waals surface area (Å²) in [5, 5.41) is 15.6. The minimum atomic E-state index is -3.66. The fourth-order valence-corrected chi connectivity index (χ4v) is 4.04. The Morgan fingerprint density at radius 1 is 1.63 bits per heavy atom. The summed E-state index contributed by atoms with van der Waals surface area (Å²) in [6.45, 7) is 3.65. The van der Waals surface area contributed by atoms with Gasteiger partial charge in [-0.2, -0.15) is 9.40 Å². The van der Waals surface area contributed by atoms with E-state index in [4.69, 9.17) is 0 Å². The molecule has 1 aromatic heterocycles. The average Bonchev–Trinajstić information content (AvgIpc) is 2.95. The molecular formula is C11H17N3O4S. The molecule has 19 heavy (non-hydrogen) atoms. The molecular weight excluding hydrogens is 270 g/mol. The topological polar surface area (TPSA) is 103 Å². The van der Waals surface area contributed by atoms with Gasteiger partial charge < -0.3 is 5.11 Å². The van der Waals surface area contributed by atoms with Crippen LogP contribution in [0, 0.1) is 12.3 Å². The molecule has 1 saturated heterocycles. The maximum atomic E-state index is 12.4. The molecule has 1 fully saturated rings. The number of carboxylic acid groups (broad SMARTS) is 1. The van der Waals surface area contributed by atoms with Crippen LogP contribution in [-0.4, -0.2) is 47.1 Å². The van der Waals surface area contributed by atoms with Crippen LogP contribution >= 0.6 is 0 Å². The quantitative estimate of drug-likeness (QED) is 0.843. The normalized spacial score (nSPS) is 24.7. The molecule has 2 rings (SSSR count). The lowest BCUT2D eigenvalue weighted by Gasteiger charge is -2.22. The van der Waals surface area contributed by atoms with Crippen LogP contribution in [0.5, 0.6) is 0 Å². The lowest BCUT2D eigenvalue weighted by atomic mass is 9.85. The fraction of sp³-hybridized carbons (Fsp3) is 0.636. The predicted molar refractivity (Wildman–Crippen MR) is 67.1 cm³/mol. The monoisotopic (exact) mass is 287 g/mol. The second-order valence-corrected chi connectivity index (χ2v) is 6.79. The number of aromatic amines is 1. The van der Waals surface area contributed by atoms with Crippen molar-refractivity contribution >= 4 is 16.0 Å². The third kappa shape index (κ3) is 2.14. The summed E-state index contributed by atoms with van der Waals surface area (Å²) in [7, 11) is -3.66. The molecule has 1 aliphatic rings. The number of nitrogens with zero attached hydrogens (tertiary/aromatic N) is 2. The van der Waals surface area contributed by atoms with Crippen LogP contribution < -0.4 is 0 Å². The Morgan fingerprint density at radius 3 is 2.74 bits per heavy atom. The Hall–Kier alpha value is -1.41. The van der Waals surface area contributed by atoms with Gasteiger partial charge >= 0.3 is 5.97 Å². The Morgan fingerprint density at radius 2 is 2.32 bits per heavy atom. The van der Waals surface area contributed by atoms with Gasteiger partial charge in [-0.15, -0.1) is 0 Å². The lowest BCUT2D eigenvalue weighted by Crippen LogP contribution is -2.36. The molecule has 106 valence electrons. The zero-order valence-electron chi connectivity index (χ0n) is 10.9. The van der Waals surface area contributed by atoms with Crippen molar-refractivity contribution in [3.63, 3.8) is 0 Å². The maximum absolute atomic E-state index is 12.4. The van der Waals surface area contributed by atoms with Gasteiger partial charge in [-0.3, -0.25) is 9.89 Å². The Kier molecular flexibility index (Phi) is 3.40. The van der Waals surface area contributed by atoms with Crippen LogP contribution in [0.2, 0.25) is 0 Å². The van der Waals surface area contributed by atoms with E-state index in [0.29, 0.717) is 18.5 Å². The van der Waals surface area contributed by atoms with Crippen LogP contribution in [-0.2, 0) is 14.8 Å². The number of hydrogen-bond donors (Lipinski definition) is 2. The summed E-state index contributed by atoms with van der Waals surface area (Å²) in [6.07, 6.45) is 2.02. The van der Waals surface area contributed by atoms with Gasteiger partial charge in [0.05, 0.1) is 17.3 Å². The number of hydrogen-bond acceptors (Lipinski definition) is 4. The lowest BCUT2D eigenvalue weighted by molar-refractivity contribution is -0.148. The van der Waals surface area contributed by atoms with Crippen molar-refractivity contribution in [2.24, 2.45) is 5.41 Å². The van der Waals surface area contributed by atoms with Gasteiger partial charge in [-0.1, -0.05) is 6.92 Å². The van der Waals surface area contributed by atoms with Crippen molar-refractivity contribution < 1.29 is 18.3 Å². The number of rotatable bonds is 4. The zero-order valence-corrected chi connectivity index (χ0v) is 11.7. The maximum Gasteiger partial charge on any atom is 0.311 e. The fourth-order valence-electron chi connectivity index (χ4n) is 2.39. The first-order valence-corrected chi connectivity index (χ1v) is 7.51. The number of aryl methyl sites for hydroxylation is 1. The van der Waals surface area contributed by atoms with Gasteiger partial charge in [-0.05, 0) is 19.8 Å². The van der Waals surface area contributed by atoms with Crippen molar-refractivity contribution in [3.8, 4) is 0 Å². The minimum Gasteiger partial charge on any atom is -0.481 e. The van der Waals surface area contributed by atoms with Gasteiger partial charge in [0, 0.05) is 13.1 Å². The van der Waals surface area contributed by atoms with E-state index in [9.17, 15) is 18.3 Å². The van der Waals surface area contributed by atoms with Gasteiger partial charge in [0.25, 0.3) is 0 Å². The Labute approximate surface area is 111 Å². The second-order valence-electron chi connectivity index (χ2n) is 4.89. The molecule has 1 unspecified atom stereocenters. The van der Waals surface area contributed by atoms with Crippen LogP contribution in [0.4, 0.5) is 0 Å². The van der Waals surface area contributed by atoms with Crippen molar-refractivity contribution in [1.29, 1.82) is 0 Å². The number of carbonyl (C=O) groups is 1. The minimum absolute atomic E-state index is 0.0196. The molecule has 1 aromatic rings. The molecule has 0 spiro atoms. The van der Waals surface area contributed by atoms with E-state index < -0.39 is 21.4 Å². The van der Waals surface area contributed by atoms with Crippen molar-refractivity contribution in [2.75, 3.05) is 13.1 Å². The van der Waals surface area contributed by atoms with E-state index in [2.05, 4.69) is 10.2 Å². The van der Waals surface area contributed by atoms with Crippen LogP contribution in [0.15, 0.2) is 11.1 Å². The van der Waals surface area contributed by atoms with E-state index in [1.54, 1.807) is 13.8 Å². The van der Waals surface area contributed by atoms with E-state index in [1.165, 1.54) is 10.5 Å². The average molecular weight is 287 g/mol. The van der Waals surface area contributed by atoms with Crippen LogP contribution in [0.25, 0.3) is 0 Å². The summed E-state index contributed by atoms with van der Waals surface area (Å²) >= 11 is 0. The molecule has 2 N–H and O–H groups in total. The second kappa shape index (κ2) is 4.61. The third-order valence-corrected chi connectivity index (χ3v) is 5.81. The van der Waals surface area contributed by atoms with Crippen molar-refractivity contribution in [2.45, 2.75) is 31.6 Å². The van der Waals surface area contributed by atoms with Gasteiger partial charge in [0.15, 0.2) is 0 Å².